The van der Waals surface area contributed by atoms with Crippen LogP contribution in [0.15, 0.2) is 36.4 Å². The smallest absolute Gasteiger partial charge is 0.141 e. The number of fused-ring (bicyclic) bond motifs is 1. The number of H-pyrrole nitrogens is 1. The van der Waals surface area contributed by atoms with Crippen LogP contribution in [0.25, 0.3) is 22.4 Å². The van der Waals surface area contributed by atoms with Crippen molar-refractivity contribution in [3.8, 4) is 17.5 Å². The molecule has 0 saturated carbocycles. The van der Waals surface area contributed by atoms with E-state index in [2.05, 4.69) is 16.0 Å². The molecule has 3 nitrogen and oxygen atoms in total. The van der Waals surface area contributed by atoms with Gasteiger partial charge in [0.15, 0.2) is 0 Å². The fraction of sp³-hybridized carbons (Fsp3) is 0. The molecular weight excluding hydrogens is 265 g/mol. The van der Waals surface area contributed by atoms with Crippen molar-refractivity contribution in [3.05, 3.63) is 52.8 Å². The van der Waals surface area contributed by atoms with Crippen molar-refractivity contribution in [3.63, 3.8) is 0 Å². The molecule has 92 valence electrons. The highest BCUT2D eigenvalue weighted by Gasteiger charge is 2.12. The van der Waals surface area contributed by atoms with Gasteiger partial charge in [-0.1, -0.05) is 17.7 Å². The van der Waals surface area contributed by atoms with Crippen LogP contribution in [0, 0.1) is 17.1 Å². The monoisotopic (exact) mass is 271 g/mol. The lowest BCUT2D eigenvalue weighted by Gasteiger charge is -1.99. The van der Waals surface area contributed by atoms with E-state index in [-0.39, 0.29) is 0 Å². The van der Waals surface area contributed by atoms with E-state index in [4.69, 9.17) is 16.9 Å². The Hall–Kier alpha value is -2.38. The molecule has 0 bridgehead atoms. The van der Waals surface area contributed by atoms with Crippen LogP contribution < -0.4 is 0 Å². The van der Waals surface area contributed by atoms with Gasteiger partial charge in [-0.05, 0) is 30.3 Å². The Labute approximate surface area is 113 Å². The Morgan fingerprint density at radius 2 is 2.11 bits per heavy atom. The lowest BCUT2D eigenvalue weighted by atomic mass is 10.2. The van der Waals surface area contributed by atoms with Gasteiger partial charge in [-0.2, -0.15) is 5.26 Å². The SMILES string of the molecule is N#Cc1cccc2[nH]c(-c3ccc(Cl)cc3F)nc12. The second-order valence-electron chi connectivity index (χ2n) is 4.02. The third-order valence-electron chi connectivity index (χ3n) is 2.82. The van der Waals surface area contributed by atoms with Crippen LogP contribution in [0.5, 0.6) is 0 Å². The molecule has 2 aromatic carbocycles. The highest BCUT2D eigenvalue weighted by molar-refractivity contribution is 6.30. The van der Waals surface area contributed by atoms with Crippen molar-refractivity contribution in [2.75, 3.05) is 0 Å². The quantitative estimate of drug-likeness (QED) is 0.730. The van der Waals surface area contributed by atoms with Crippen LogP contribution in [0.3, 0.4) is 0 Å². The average molecular weight is 272 g/mol. The molecule has 0 radical (unpaired) electrons. The molecule has 1 heterocycles. The predicted octanol–water partition coefficient (Wildman–Crippen LogP) is 3.89. The maximum atomic E-state index is 13.8. The third kappa shape index (κ3) is 1.94. The van der Waals surface area contributed by atoms with Crippen molar-refractivity contribution in [1.82, 2.24) is 9.97 Å². The first-order valence-electron chi connectivity index (χ1n) is 5.53. The zero-order valence-corrected chi connectivity index (χ0v) is 10.4. The normalized spacial score (nSPS) is 10.6. The van der Waals surface area contributed by atoms with Gasteiger partial charge in [0, 0.05) is 5.02 Å². The Morgan fingerprint density at radius 1 is 1.26 bits per heavy atom. The maximum absolute atomic E-state index is 13.8. The Kier molecular flexibility index (Phi) is 2.69. The first-order chi connectivity index (χ1) is 9.19. The van der Waals surface area contributed by atoms with Gasteiger partial charge in [0.1, 0.15) is 23.2 Å². The van der Waals surface area contributed by atoms with Gasteiger partial charge in [0.25, 0.3) is 0 Å². The fourth-order valence-corrected chi connectivity index (χ4v) is 2.09. The molecule has 1 N–H and O–H groups in total. The number of rotatable bonds is 1. The van der Waals surface area contributed by atoms with Crippen LogP contribution in [0.4, 0.5) is 4.39 Å². The summed E-state index contributed by atoms with van der Waals surface area (Å²) >= 11 is 5.72. The number of aromatic amines is 1. The second kappa shape index (κ2) is 4.38. The molecule has 0 aliphatic carbocycles. The second-order valence-corrected chi connectivity index (χ2v) is 4.46. The molecule has 5 heteroatoms. The summed E-state index contributed by atoms with van der Waals surface area (Å²) in [7, 11) is 0. The molecule has 0 fully saturated rings. The van der Waals surface area contributed by atoms with Crippen LogP contribution in [-0.2, 0) is 0 Å². The molecule has 0 atom stereocenters. The number of benzene rings is 2. The number of imidazole rings is 1. The third-order valence-corrected chi connectivity index (χ3v) is 3.05. The van der Waals surface area contributed by atoms with Crippen molar-refractivity contribution in [2.45, 2.75) is 0 Å². The van der Waals surface area contributed by atoms with Crippen molar-refractivity contribution >= 4 is 22.6 Å². The predicted molar refractivity (Wildman–Crippen MR) is 71.2 cm³/mol. The van der Waals surface area contributed by atoms with Crippen LogP contribution >= 0.6 is 11.6 Å². The number of aromatic nitrogens is 2. The topological polar surface area (TPSA) is 52.5 Å². The van der Waals surface area contributed by atoms with E-state index in [0.29, 0.717) is 33.0 Å². The van der Waals surface area contributed by atoms with Crippen molar-refractivity contribution in [2.24, 2.45) is 0 Å². The van der Waals surface area contributed by atoms with Gasteiger partial charge >= 0.3 is 0 Å². The van der Waals surface area contributed by atoms with Gasteiger partial charge in [-0.15, -0.1) is 0 Å². The van der Waals surface area contributed by atoms with Gasteiger partial charge in [0.05, 0.1) is 16.6 Å². The summed E-state index contributed by atoms with van der Waals surface area (Å²) in [4.78, 5) is 7.28. The van der Waals surface area contributed by atoms with E-state index in [1.54, 1.807) is 30.3 Å². The van der Waals surface area contributed by atoms with Crippen LogP contribution in [0.1, 0.15) is 5.56 Å². The summed E-state index contributed by atoms with van der Waals surface area (Å²) in [5.74, 6) is -0.0723. The summed E-state index contributed by atoms with van der Waals surface area (Å²) in [5, 5.41) is 9.34. The van der Waals surface area contributed by atoms with E-state index in [9.17, 15) is 4.39 Å². The Balaban J connectivity index is 2.24. The summed E-state index contributed by atoms with van der Waals surface area (Å²) in [6.45, 7) is 0. The molecule has 0 aliphatic heterocycles. The molecule has 3 aromatic rings. The maximum Gasteiger partial charge on any atom is 0.141 e. The fourth-order valence-electron chi connectivity index (χ4n) is 1.93. The summed E-state index contributed by atoms with van der Waals surface area (Å²) in [5.41, 5.74) is 2.01. The Bertz CT molecular complexity index is 817. The van der Waals surface area contributed by atoms with Crippen molar-refractivity contribution < 1.29 is 4.39 Å². The zero-order chi connectivity index (χ0) is 13.4. The number of hydrogen-bond donors (Lipinski definition) is 1. The lowest BCUT2D eigenvalue weighted by Crippen LogP contribution is -1.86. The van der Waals surface area contributed by atoms with E-state index in [1.807, 2.05) is 0 Å². The van der Waals surface area contributed by atoms with E-state index in [0.717, 1.165) is 0 Å². The van der Waals surface area contributed by atoms with Crippen LogP contribution in [-0.4, -0.2) is 9.97 Å². The van der Waals surface area contributed by atoms with E-state index >= 15 is 0 Å². The summed E-state index contributed by atoms with van der Waals surface area (Å²) in [6.07, 6.45) is 0. The number of para-hydroxylation sites is 1. The largest absolute Gasteiger partial charge is 0.338 e. The molecule has 0 aliphatic rings. The lowest BCUT2D eigenvalue weighted by molar-refractivity contribution is 0.630. The highest BCUT2D eigenvalue weighted by Crippen LogP contribution is 2.26. The number of halogens is 2. The molecule has 0 spiro atoms. The van der Waals surface area contributed by atoms with Crippen molar-refractivity contribution in [1.29, 1.82) is 5.26 Å². The van der Waals surface area contributed by atoms with Gasteiger partial charge < -0.3 is 4.98 Å². The van der Waals surface area contributed by atoms with Crippen LogP contribution in [0.2, 0.25) is 5.02 Å². The van der Waals surface area contributed by atoms with Gasteiger partial charge in [-0.25, -0.2) is 9.37 Å². The molecule has 19 heavy (non-hydrogen) atoms. The molecular formula is C14H7ClFN3. The number of hydrogen-bond acceptors (Lipinski definition) is 2. The number of nitriles is 1. The first kappa shape index (κ1) is 11.7. The molecule has 1 aromatic heterocycles. The molecule has 0 saturated heterocycles. The van der Waals surface area contributed by atoms with E-state index in [1.165, 1.54) is 6.07 Å². The molecule has 0 unspecified atom stereocenters. The zero-order valence-electron chi connectivity index (χ0n) is 9.61. The minimum Gasteiger partial charge on any atom is -0.338 e. The minimum atomic E-state index is -0.454. The van der Waals surface area contributed by atoms with Gasteiger partial charge in [-0.3, -0.25) is 0 Å². The molecule has 0 amide bonds. The first-order valence-corrected chi connectivity index (χ1v) is 5.91. The van der Waals surface area contributed by atoms with Gasteiger partial charge in [0.2, 0.25) is 0 Å². The number of nitrogens with zero attached hydrogens (tertiary/aromatic N) is 2. The number of nitrogens with one attached hydrogen (secondary N) is 1. The summed E-state index contributed by atoms with van der Waals surface area (Å²) in [6, 6.07) is 11.7. The summed E-state index contributed by atoms with van der Waals surface area (Å²) < 4.78 is 13.8. The Morgan fingerprint density at radius 3 is 2.84 bits per heavy atom. The molecule has 3 rings (SSSR count). The standard InChI is InChI=1S/C14H7ClFN3/c15-9-4-5-10(11(16)6-9)14-18-12-3-1-2-8(7-17)13(12)19-14/h1-6H,(H,18,19). The minimum absolute atomic E-state index is 0.324. The highest BCUT2D eigenvalue weighted by atomic mass is 35.5. The van der Waals surface area contributed by atoms with E-state index < -0.39 is 5.82 Å². The average Bonchev–Trinajstić information content (AvgIpc) is 2.81.